The molecule has 1 saturated heterocycles. The summed E-state index contributed by atoms with van der Waals surface area (Å²) in [7, 11) is 0. The molecule has 1 saturated carbocycles. The number of fused-ring (bicyclic) bond motifs is 2. The Kier molecular flexibility index (Phi) is 3.11. The van der Waals surface area contributed by atoms with Crippen LogP contribution in [0.5, 0.6) is 0 Å². The van der Waals surface area contributed by atoms with Crippen LogP contribution in [0.15, 0.2) is 36.5 Å². The van der Waals surface area contributed by atoms with Crippen molar-refractivity contribution in [3.05, 3.63) is 47.9 Å². The number of rotatable bonds is 2. The van der Waals surface area contributed by atoms with Crippen molar-refractivity contribution in [2.24, 2.45) is 5.41 Å². The Bertz CT molecular complexity index is 1090. The molecule has 3 aliphatic rings. The Balaban J connectivity index is 1.29. The van der Waals surface area contributed by atoms with E-state index in [4.69, 9.17) is 0 Å². The Hall–Kier alpha value is -3.09. The molecule has 142 valence electrons. The third-order valence-corrected chi connectivity index (χ3v) is 6.55. The fraction of sp³-hybridized carbons (Fsp3) is 0.381. The first-order chi connectivity index (χ1) is 13.6. The molecule has 2 amide bonds. The lowest BCUT2D eigenvalue weighted by Gasteiger charge is -2.29. The van der Waals surface area contributed by atoms with Crippen LogP contribution in [-0.4, -0.2) is 44.6 Å². The number of benzene rings is 1. The quantitative estimate of drug-likeness (QED) is 0.748. The van der Waals surface area contributed by atoms with Crippen LogP contribution in [-0.2, 0) is 17.9 Å². The Morgan fingerprint density at radius 2 is 1.96 bits per heavy atom. The van der Waals surface area contributed by atoms with Gasteiger partial charge in [0.2, 0.25) is 5.91 Å². The summed E-state index contributed by atoms with van der Waals surface area (Å²) in [5, 5.41) is 5.52. The van der Waals surface area contributed by atoms with Crippen LogP contribution < -0.4 is 4.90 Å². The van der Waals surface area contributed by atoms with Crippen LogP contribution in [0.3, 0.4) is 0 Å². The topological polar surface area (TPSA) is 74.2 Å². The number of hydrogen-bond donors (Lipinski definition) is 1. The van der Waals surface area contributed by atoms with Crippen LogP contribution in [0.2, 0.25) is 0 Å². The number of anilines is 1. The minimum Gasteiger partial charge on any atom is -0.351 e. The molecule has 0 unspecified atom stereocenters. The summed E-state index contributed by atoms with van der Waals surface area (Å²) in [6, 6.07) is 9.81. The molecule has 2 aromatic heterocycles. The normalized spacial score (nSPS) is 20.2. The SMILES string of the molecule is O=C(c1cc2ccccc2[nH]1)N1CCn2ncc(N3CCC4(CC4)C3=O)c2C1. The molecule has 7 nitrogen and oxygen atoms in total. The van der Waals surface area contributed by atoms with Crippen molar-refractivity contribution in [2.45, 2.75) is 32.4 Å². The van der Waals surface area contributed by atoms with E-state index < -0.39 is 0 Å². The van der Waals surface area contributed by atoms with Gasteiger partial charge in [-0.1, -0.05) is 18.2 Å². The summed E-state index contributed by atoms with van der Waals surface area (Å²) < 4.78 is 1.94. The molecule has 7 heteroatoms. The number of amides is 2. The van der Waals surface area contributed by atoms with Crippen LogP contribution in [0.1, 0.15) is 35.4 Å². The van der Waals surface area contributed by atoms with E-state index in [2.05, 4.69) is 10.1 Å². The lowest BCUT2D eigenvalue weighted by Crippen LogP contribution is -2.39. The lowest BCUT2D eigenvalue weighted by molar-refractivity contribution is -0.121. The highest BCUT2D eigenvalue weighted by molar-refractivity contribution is 6.02. The maximum Gasteiger partial charge on any atom is 0.270 e. The molecule has 4 heterocycles. The predicted octanol–water partition coefficient (Wildman–Crippen LogP) is 2.54. The number of H-pyrrole nitrogens is 1. The molecule has 1 aromatic carbocycles. The number of para-hydroxylation sites is 1. The molecule has 6 rings (SSSR count). The first kappa shape index (κ1) is 15.9. The lowest BCUT2D eigenvalue weighted by atomic mass is 10.1. The number of nitrogens with zero attached hydrogens (tertiary/aromatic N) is 4. The minimum atomic E-state index is -0.0939. The summed E-state index contributed by atoms with van der Waals surface area (Å²) in [6.07, 6.45) is 4.76. The molecule has 1 aliphatic carbocycles. The average Bonchev–Trinajstić information content (AvgIpc) is 3.06. The van der Waals surface area contributed by atoms with Crippen LogP contribution in [0.4, 0.5) is 5.69 Å². The molecule has 28 heavy (non-hydrogen) atoms. The van der Waals surface area contributed by atoms with Gasteiger partial charge in [-0.3, -0.25) is 14.3 Å². The van der Waals surface area contributed by atoms with Crippen LogP contribution in [0, 0.1) is 5.41 Å². The van der Waals surface area contributed by atoms with Crippen LogP contribution in [0.25, 0.3) is 10.9 Å². The van der Waals surface area contributed by atoms with Crippen molar-refractivity contribution in [2.75, 3.05) is 18.0 Å². The highest BCUT2D eigenvalue weighted by Crippen LogP contribution is 2.54. The van der Waals surface area contributed by atoms with Gasteiger partial charge in [0.05, 0.1) is 36.1 Å². The first-order valence-corrected chi connectivity index (χ1v) is 9.88. The number of nitrogens with one attached hydrogen (secondary N) is 1. The van der Waals surface area contributed by atoms with Crippen LogP contribution >= 0.6 is 0 Å². The van der Waals surface area contributed by atoms with E-state index >= 15 is 0 Å². The van der Waals surface area contributed by atoms with E-state index in [0.717, 1.165) is 48.1 Å². The van der Waals surface area contributed by atoms with Crippen molar-refractivity contribution >= 4 is 28.4 Å². The van der Waals surface area contributed by atoms with Crippen molar-refractivity contribution in [3.8, 4) is 0 Å². The second kappa shape index (κ2) is 5.47. The molecule has 2 aliphatic heterocycles. The van der Waals surface area contributed by atoms with Gasteiger partial charge in [-0.25, -0.2) is 0 Å². The number of aromatic nitrogens is 3. The zero-order chi connectivity index (χ0) is 18.9. The molecule has 0 atom stereocenters. The van der Waals surface area contributed by atoms with Gasteiger partial charge < -0.3 is 14.8 Å². The molecular weight excluding hydrogens is 354 g/mol. The third kappa shape index (κ3) is 2.19. The summed E-state index contributed by atoms with van der Waals surface area (Å²) >= 11 is 0. The van der Waals surface area contributed by atoms with Gasteiger partial charge in [0, 0.05) is 24.0 Å². The molecular formula is C21H21N5O2. The van der Waals surface area contributed by atoms with Gasteiger partial charge in [0.15, 0.2) is 0 Å². The monoisotopic (exact) mass is 375 g/mol. The van der Waals surface area contributed by atoms with E-state index in [-0.39, 0.29) is 17.2 Å². The second-order valence-electron chi connectivity index (χ2n) is 8.18. The second-order valence-corrected chi connectivity index (χ2v) is 8.18. The zero-order valence-corrected chi connectivity index (χ0v) is 15.5. The van der Waals surface area contributed by atoms with Crippen molar-refractivity contribution in [3.63, 3.8) is 0 Å². The van der Waals surface area contributed by atoms with Crippen molar-refractivity contribution in [1.82, 2.24) is 19.7 Å². The molecule has 2 fully saturated rings. The smallest absolute Gasteiger partial charge is 0.270 e. The van der Waals surface area contributed by atoms with Gasteiger partial charge in [-0.2, -0.15) is 5.10 Å². The third-order valence-electron chi connectivity index (χ3n) is 6.55. The summed E-state index contributed by atoms with van der Waals surface area (Å²) in [5.74, 6) is 0.225. The number of hydrogen-bond acceptors (Lipinski definition) is 3. The summed E-state index contributed by atoms with van der Waals surface area (Å²) in [4.78, 5) is 32.9. The molecule has 1 spiro atoms. The van der Waals surface area contributed by atoms with Crippen molar-refractivity contribution in [1.29, 1.82) is 0 Å². The number of carbonyl (C=O) groups is 2. The van der Waals surface area contributed by atoms with Gasteiger partial charge in [-0.15, -0.1) is 0 Å². The Morgan fingerprint density at radius 1 is 1.11 bits per heavy atom. The highest BCUT2D eigenvalue weighted by Gasteiger charge is 2.56. The molecule has 0 bridgehead atoms. The zero-order valence-electron chi connectivity index (χ0n) is 15.5. The fourth-order valence-corrected chi connectivity index (χ4v) is 4.65. The predicted molar refractivity (Wildman–Crippen MR) is 104 cm³/mol. The summed E-state index contributed by atoms with van der Waals surface area (Å²) in [5.41, 5.74) is 3.31. The number of carbonyl (C=O) groups excluding carboxylic acids is 2. The van der Waals surface area contributed by atoms with E-state index in [1.807, 2.05) is 44.8 Å². The van der Waals surface area contributed by atoms with E-state index in [9.17, 15) is 9.59 Å². The largest absolute Gasteiger partial charge is 0.351 e. The van der Waals surface area contributed by atoms with E-state index in [1.165, 1.54) is 0 Å². The van der Waals surface area contributed by atoms with E-state index in [1.54, 1.807) is 6.20 Å². The molecule has 3 aromatic rings. The average molecular weight is 375 g/mol. The van der Waals surface area contributed by atoms with Gasteiger partial charge in [0.1, 0.15) is 5.69 Å². The Labute approximate surface area is 161 Å². The maximum atomic E-state index is 13.1. The standard InChI is InChI=1S/C21H21N5O2/c27-19(16-11-14-3-1-2-4-15(14)23-16)24-9-10-26-18(13-24)17(12-22-26)25-8-7-21(5-6-21)20(25)28/h1-4,11-12,23H,5-10,13H2. The van der Waals surface area contributed by atoms with E-state index in [0.29, 0.717) is 25.3 Å². The minimum absolute atomic E-state index is 0.0130. The Morgan fingerprint density at radius 3 is 2.75 bits per heavy atom. The fourth-order valence-electron chi connectivity index (χ4n) is 4.65. The molecule has 0 radical (unpaired) electrons. The van der Waals surface area contributed by atoms with Gasteiger partial charge in [-0.05, 0) is 31.4 Å². The van der Waals surface area contributed by atoms with Gasteiger partial charge >= 0.3 is 0 Å². The molecule has 1 N–H and O–H groups in total. The number of aromatic amines is 1. The summed E-state index contributed by atoms with van der Waals surface area (Å²) in [6.45, 7) is 2.49. The maximum absolute atomic E-state index is 13.1. The van der Waals surface area contributed by atoms with Gasteiger partial charge in [0.25, 0.3) is 5.91 Å². The van der Waals surface area contributed by atoms with Crippen molar-refractivity contribution < 1.29 is 9.59 Å². The highest BCUT2D eigenvalue weighted by atomic mass is 16.2. The first-order valence-electron chi connectivity index (χ1n) is 9.88.